The number of hydrogen-bond donors (Lipinski definition) is 0. The van der Waals surface area contributed by atoms with Gasteiger partial charge in [0.05, 0.1) is 6.07 Å². The Bertz CT molecular complexity index is 470. The number of hydrogen-bond acceptors (Lipinski definition) is 3. The summed E-state index contributed by atoms with van der Waals surface area (Å²) >= 11 is 7.28. The standard InChI is InChI=1S/C11H7ClN2S/c12-9-3-1-8(2-4-9)10(7-13)11-14-5-6-15-11/h1-6,10H. The Morgan fingerprint density at radius 2 is 2.07 bits per heavy atom. The summed E-state index contributed by atoms with van der Waals surface area (Å²) in [5, 5.41) is 12.5. The Hall–Kier alpha value is -1.37. The van der Waals surface area contributed by atoms with Gasteiger partial charge in [0.2, 0.25) is 0 Å². The molecule has 15 heavy (non-hydrogen) atoms. The second kappa shape index (κ2) is 4.43. The van der Waals surface area contributed by atoms with Crippen molar-refractivity contribution >= 4 is 22.9 Å². The van der Waals surface area contributed by atoms with Crippen LogP contribution in [0.15, 0.2) is 35.8 Å². The Morgan fingerprint density at radius 1 is 1.33 bits per heavy atom. The minimum Gasteiger partial charge on any atom is -0.248 e. The van der Waals surface area contributed by atoms with Crippen molar-refractivity contribution in [3.05, 3.63) is 51.4 Å². The predicted molar refractivity (Wildman–Crippen MR) is 61.0 cm³/mol. The van der Waals surface area contributed by atoms with E-state index in [1.54, 1.807) is 18.3 Å². The van der Waals surface area contributed by atoms with Gasteiger partial charge in [-0.05, 0) is 17.7 Å². The number of halogens is 1. The molecule has 0 spiro atoms. The molecule has 2 aromatic rings. The first kappa shape index (κ1) is 10.2. The second-order valence-electron chi connectivity index (χ2n) is 2.98. The number of benzene rings is 1. The minimum absolute atomic E-state index is 0.290. The molecule has 1 aromatic carbocycles. The van der Waals surface area contributed by atoms with E-state index < -0.39 is 0 Å². The van der Waals surface area contributed by atoms with Crippen LogP contribution in [0.25, 0.3) is 0 Å². The minimum atomic E-state index is -0.290. The maximum absolute atomic E-state index is 9.10. The van der Waals surface area contributed by atoms with Gasteiger partial charge in [-0.2, -0.15) is 5.26 Å². The van der Waals surface area contributed by atoms with Gasteiger partial charge in [-0.1, -0.05) is 23.7 Å². The Kier molecular flexibility index (Phi) is 3.00. The van der Waals surface area contributed by atoms with E-state index in [4.69, 9.17) is 16.9 Å². The first-order chi connectivity index (χ1) is 7.31. The van der Waals surface area contributed by atoms with Crippen LogP contribution in [0.3, 0.4) is 0 Å². The molecule has 0 aliphatic rings. The van der Waals surface area contributed by atoms with Gasteiger partial charge in [0.15, 0.2) is 0 Å². The highest BCUT2D eigenvalue weighted by atomic mass is 35.5. The number of rotatable bonds is 2. The second-order valence-corrected chi connectivity index (χ2v) is 4.35. The quantitative estimate of drug-likeness (QED) is 0.798. The number of nitrogens with zero attached hydrogens (tertiary/aromatic N) is 2. The number of aromatic nitrogens is 1. The van der Waals surface area contributed by atoms with E-state index in [-0.39, 0.29) is 5.92 Å². The number of thiazole rings is 1. The van der Waals surface area contributed by atoms with E-state index in [0.717, 1.165) is 10.6 Å². The van der Waals surface area contributed by atoms with Crippen molar-refractivity contribution in [3.63, 3.8) is 0 Å². The summed E-state index contributed by atoms with van der Waals surface area (Å²) in [6.45, 7) is 0. The molecule has 0 aliphatic heterocycles. The lowest BCUT2D eigenvalue weighted by atomic mass is 10.0. The maximum Gasteiger partial charge on any atom is 0.123 e. The summed E-state index contributed by atoms with van der Waals surface area (Å²) in [7, 11) is 0. The lowest BCUT2D eigenvalue weighted by Crippen LogP contribution is -1.96. The average Bonchev–Trinajstić information content (AvgIpc) is 2.75. The molecule has 0 fully saturated rings. The van der Waals surface area contributed by atoms with Crippen LogP contribution in [0.5, 0.6) is 0 Å². The van der Waals surface area contributed by atoms with Crippen LogP contribution in [0.1, 0.15) is 16.5 Å². The van der Waals surface area contributed by atoms with Gasteiger partial charge in [-0.3, -0.25) is 0 Å². The zero-order chi connectivity index (χ0) is 10.7. The smallest absolute Gasteiger partial charge is 0.123 e. The van der Waals surface area contributed by atoms with E-state index in [0.29, 0.717) is 5.02 Å². The third-order valence-electron chi connectivity index (χ3n) is 2.03. The lowest BCUT2D eigenvalue weighted by molar-refractivity contribution is 1.01. The molecule has 0 aliphatic carbocycles. The summed E-state index contributed by atoms with van der Waals surface area (Å²) in [5.41, 5.74) is 0.928. The molecule has 74 valence electrons. The summed E-state index contributed by atoms with van der Waals surface area (Å²) in [6.07, 6.45) is 1.71. The molecular formula is C11H7ClN2S. The molecule has 2 nitrogen and oxygen atoms in total. The van der Waals surface area contributed by atoms with Crippen molar-refractivity contribution in [2.45, 2.75) is 5.92 Å². The molecular weight excluding hydrogens is 228 g/mol. The van der Waals surface area contributed by atoms with Gasteiger partial charge >= 0.3 is 0 Å². The molecule has 0 radical (unpaired) electrons. The van der Waals surface area contributed by atoms with Crippen molar-refractivity contribution in [2.75, 3.05) is 0 Å². The highest BCUT2D eigenvalue weighted by Crippen LogP contribution is 2.26. The molecule has 0 amide bonds. The van der Waals surface area contributed by atoms with Crippen molar-refractivity contribution < 1.29 is 0 Å². The van der Waals surface area contributed by atoms with Gasteiger partial charge in [-0.15, -0.1) is 11.3 Å². The SMILES string of the molecule is N#CC(c1ccc(Cl)cc1)c1nccs1. The molecule has 0 saturated carbocycles. The van der Waals surface area contributed by atoms with Crippen LogP contribution < -0.4 is 0 Å². The Labute approximate surface area is 96.8 Å². The third-order valence-corrected chi connectivity index (χ3v) is 3.12. The molecule has 1 unspecified atom stereocenters. The third kappa shape index (κ3) is 2.17. The van der Waals surface area contributed by atoms with Crippen molar-refractivity contribution in [2.24, 2.45) is 0 Å². The van der Waals surface area contributed by atoms with Gasteiger partial charge in [-0.25, -0.2) is 4.98 Å². The zero-order valence-electron chi connectivity index (χ0n) is 7.72. The van der Waals surface area contributed by atoms with Crippen LogP contribution in [0.2, 0.25) is 5.02 Å². The first-order valence-electron chi connectivity index (χ1n) is 4.35. The number of nitriles is 1. The average molecular weight is 235 g/mol. The van der Waals surface area contributed by atoms with E-state index in [9.17, 15) is 0 Å². The molecule has 0 N–H and O–H groups in total. The van der Waals surface area contributed by atoms with Crippen molar-refractivity contribution in [3.8, 4) is 6.07 Å². The topological polar surface area (TPSA) is 36.7 Å². The van der Waals surface area contributed by atoms with Crippen LogP contribution in [-0.4, -0.2) is 4.98 Å². The van der Waals surface area contributed by atoms with Gasteiger partial charge < -0.3 is 0 Å². The largest absolute Gasteiger partial charge is 0.248 e. The van der Waals surface area contributed by atoms with Crippen LogP contribution in [0.4, 0.5) is 0 Å². The summed E-state index contributed by atoms with van der Waals surface area (Å²) in [5.74, 6) is -0.290. The predicted octanol–water partition coefficient (Wildman–Crippen LogP) is 3.45. The van der Waals surface area contributed by atoms with E-state index >= 15 is 0 Å². The monoisotopic (exact) mass is 234 g/mol. The van der Waals surface area contributed by atoms with E-state index in [1.807, 2.05) is 17.5 Å². The first-order valence-corrected chi connectivity index (χ1v) is 5.61. The molecule has 4 heteroatoms. The highest BCUT2D eigenvalue weighted by molar-refractivity contribution is 7.09. The fourth-order valence-electron chi connectivity index (χ4n) is 1.30. The molecule has 1 heterocycles. The molecule has 0 saturated heterocycles. The van der Waals surface area contributed by atoms with E-state index in [2.05, 4.69) is 11.1 Å². The lowest BCUT2D eigenvalue weighted by Gasteiger charge is -2.05. The van der Waals surface area contributed by atoms with E-state index in [1.165, 1.54) is 11.3 Å². The summed E-state index contributed by atoms with van der Waals surface area (Å²) in [6, 6.07) is 9.54. The fraction of sp³-hybridized carbons (Fsp3) is 0.0909. The fourth-order valence-corrected chi connectivity index (χ4v) is 2.14. The highest BCUT2D eigenvalue weighted by Gasteiger charge is 2.15. The zero-order valence-corrected chi connectivity index (χ0v) is 9.29. The summed E-state index contributed by atoms with van der Waals surface area (Å²) < 4.78 is 0. The maximum atomic E-state index is 9.10. The Balaban J connectivity index is 2.37. The van der Waals surface area contributed by atoms with Crippen LogP contribution in [-0.2, 0) is 0 Å². The Morgan fingerprint density at radius 3 is 2.60 bits per heavy atom. The van der Waals surface area contributed by atoms with Gasteiger partial charge in [0, 0.05) is 16.6 Å². The molecule has 1 aromatic heterocycles. The molecule has 2 rings (SSSR count). The summed E-state index contributed by atoms with van der Waals surface area (Å²) in [4.78, 5) is 4.15. The molecule has 0 bridgehead atoms. The molecule has 1 atom stereocenters. The normalized spacial score (nSPS) is 12.0. The van der Waals surface area contributed by atoms with Gasteiger partial charge in [0.25, 0.3) is 0 Å². The van der Waals surface area contributed by atoms with Crippen LogP contribution in [0, 0.1) is 11.3 Å². The van der Waals surface area contributed by atoms with Crippen molar-refractivity contribution in [1.82, 2.24) is 4.98 Å². The van der Waals surface area contributed by atoms with Gasteiger partial charge in [0.1, 0.15) is 10.9 Å². The van der Waals surface area contributed by atoms with Crippen LogP contribution >= 0.6 is 22.9 Å². The van der Waals surface area contributed by atoms with Crippen molar-refractivity contribution in [1.29, 1.82) is 5.26 Å².